The van der Waals surface area contributed by atoms with E-state index >= 15 is 0 Å². The lowest BCUT2D eigenvalue weighted by Crippen LogP contribution is -1.95. The first-order valence-electron chi connectivity index (χ1n) is 5.01. The van der Waals surface area contributed by atoms with Gasteiger partial charge in [0.05, 0.1) is 23.9 Å². The first-order valence-corrected chi connectivity index (χ1v) is 5.80. The van der Waals surface area contributed by atoms with E-state index in [9.17, 15) is 0 Å². The van der Waals surface area contributed by atoms with Crippen LogP contribution in [0.15, 0.2) is 34.9 Å². The fourth-order valence-corrected chi connectivity index (χ4v) is 1.97. The summed E-state index contributed by atoms with van der Waals surface area (Å²) >= 11 is 3.41. The minimum atomic E-state index is -0.0904. The van der Waals surface area contributed by atoms with Crippen molar-refractivity contribution < 1.29 is 9.84 Å². The fourth-order valence-electron chi connectivity index (χ4n) is 1.43. The van der Waals surface area contributed by atoms with E-state index in [1.165, 1.54) is 0 Å². The largest absolute Gasteiger partial charge is 0.496 e. The Balaban J connectivity index is 2.42. The molecule has 17 heavy (non-hydrogen) atoms. The van der Waals surface area contributed by atoms with Crippen LogP contribution >= 0.6 is 15.9 Å². The molecule has 0 aliphatic heterocycles. The third-order valence-electron chi connectivity index (χ3n) is 2.29. The molecule has 2 aromatic rings. The Morgan fingerprint density at radius 2 is 2.18 bits per heavy atom. The summed E-state index contributed by atoms with van der Waals surface area (Å²) in [6.45, 7) is -0.0904. The van der Waals surface area contributed by atoms with Gasteiger partial charge in [-0.3, -0.25) is 0 Å². The molecule has 1 N–H and O–H groups in total. The molecule has 0 saturated carbocycles. The first-order chi connectivity index (χ1) is 8.24. The standard InChI is InChI=1S/C12H11BrN2O2/c1-17-11-3-2-8(6-10(11)13)12-14-5-4-9(7-16)15-12/h2-6,16H,7H2,1H3. The Kier molecular flexibility index (Phi) is 3.71. The van der Waals surface area contributed by atoms with Crippen molar-refractivity contribution in [3.05, 3.63) is 40.6 Å². The molecule has 0 fully saturated rings. The molecule has 0 spiro atoms. The number of methoxy groups -OCH3 is 1. The third-order valence-corrected chi connectivity index (χ3v) is 2.90. The van der Waals surface area contributed by atoms with Gasteiger partial charge in [0, 0.05) is 11.8 Å². The van der Waals surface area contributed by atoms with Crippen molar-refractivity contribution in [3.8, 4) is 17.1 Å². The highest BCUT2D eigenvalue weighted by atomic mass is 79.9. The second-order valence-corrected chi connectivity index (χ2v) is 4.23. The lowest BCUT2D eigenvalue weighted by Gasteiger charge is -2.06. The number of aliphatic hydroxyl groups excluding tert-OH is 1. The summed E-state index contributed by atoms with van der Waals surface area (Å²) in [6, 6.07) is 7.28. The summed E-state index contributed by atoms with van der Waals surface area (Å²) in [5, 5.41) is 9.03. The van der Waals surface area contributed by atoms with E-state index in [-0.39, 0.29) is 6.61 Å². The van der Waals surface area contributed by atoms with Crippen LogP contribution in [0.1, 0.15) is 5.69 Å². The number of halogens is 1. The number of hydrogen-bond acceptors (Lipinski definition) is 4. The Morgan fingerprint density at radius 3 is 2.82 bits per heavy atom. The van der Waals surface area contributed by atoms with Crippen molar-refractivity contribution >= 4 is 15.9 Å². The fraction of sp³-hybridized carbons (Fsp3) is 0.167. The maximum absolute atomic E-state index is 9.03. The van der Waals surface area contributed by atoms with Crippen LogP contribution in [0.25, 0.3) is 11.4 Å². The van der Waals surface area contributed by atoms with E-state index in [1.54, 1.807) is 19.4 Å². The molecule has 0 bridgehead atoms. The van der Waals surface area contributed by atoms with Gasteiger partial charge in [0.2, 0.25) is 0 Å². The van der Waals surface area contributed by atoms with Crippen molar-refractivity contribution in [1.82, 2.24) is 9.97 Å². The molecule has 0 unspecified atom stereocenters. The zero-order valence-electron chi connectivity index (χ0n) is 9.22. The minimum Gasteiger partial charge on any atom is -0.496 e. The van der Waals surface area contributed by atoms with E-state index < -0.39 is 0 Å². The normalized spacial score (nSPS) is 10.3. The predicted molar refractivity (Wildman–Crippen MR) is 67.6 cm³/mol. The van der Waals surface area contributed by atoms with Crippen molar-refractivity contribution in [2.24, 2.45) is 0 Å². The number of nitrogens with zero attached hydrogens (tertiary/aromatic N) is 2. The average molecular weight is 295 g/mol. The van der Waals surface area contributed by atoms with E-state index in [1.807, 2.05) is 18.2 Å². The number of aromatic nitrogens is 2. The van der Waals surface area contributed by atoms with Crippen molar-refractivity contribution in [1.29, 1.82) is 0 Å². The third kappa shape index (κ3) is 2.62. The SMILES string of the molecule is COc1ccc(-c2nccc(CO)n2)cc1Br. The number of benzene rings is 1. The van der Waals surface area contributed by atoms with Crippen molar-refractivity contribution in [3.63, 3.8) is 0 Å². The highest BCUT2D eigenvalue weighted by Gasteiger charge is 2.06. The Bertz CT molecular complexity index is 532. The average Bonchev–Trinajstić information content (AvgIpc) is 2.38. The quantitative estimate of drug-likeness (QED) is 0.944. The second-order valence-electron chi connectivity index (χ2n) is 3.38. The van der Waals surface area contributed by atoms with E-state index in [0.29, 0.717) is 11.5 Å². The molecule has 0 radical (unpaired) electrons. The van der Waals surface area contributed by atoms with Crippen LogP contribution in [-0.2, 0) is 6.61 Å². The molecule has 0 aliphatic rings. The van der Waals surface area contributed by atoms with Crippen LogP contribution in [-0.4, -0.2) is 22.2 Å². The summed E-state index contributed by atoms with van der Waals surface area (Å²) in [5.41, 5.74) is 1.47. The number of hydrogen-bond donors (Lipinski definition) is 1. The first kappa shape index (κ1) is 12.0. The molecule has 0 saturated heterocycles. The Morgan fingerprint density at radius 1 is 1.35 bits per heavy atom. The molecule has 1 aromatic carbocycles. The van der Waals surface area contributed by atoms with Crippen molar-refractivity contribution in [2.45, 2.75) is 6.61 Å². The summed E-state index contributed by atoms with van der Waals surface area (Å²) in [4.78, 5) is 8.41. The van der Waals surface area contributed by atoms with Gasteiger partial charge in [0.15, 0.2) is 5.82 Å². The summed E-state index contributed by atoms with van der Waals surface area (Å²) in [7, 11) is 1.61. The Hall–Kier alpha value is -1.46. The van der Waals surface area contributed by atoms with Crippen LogP contribution in [0.3, 0.4) is 0 Å². The predicted octanol–water partition coefficient (Wildman–Crippen LogP) is 2.41. The molecule has 0 aliphatic carbocycles. The molecule has 5 heteroatoms. The highest BCUT2D eigenvalue weighted by Crippen LogP contribution is 2.28. The lowest BCUT2D eigenvalue weighted by atomic mass is 10.2. The minimum absolute atomic E-state index is 0.0904. The smallest absolute Gasteiger partial charge is 0.159 e. The van der Waals surface area contributed by atoms with E-state index in [0.717, 1.165) is 15.8 Å². The molecular formula is C12H11BrN2O2. The molecule has 88 valence electrons. The number of ether oxygens (including phenoxy) is 1. The molecule has 1 heterocycles. The van der Waals surface area contributed by atoms with Gasteiger partial charge in [-0.25, -0.2) is 9.97 Å². The molecular weight excluding hydrogens is 284 g/mol. The van der Waals surface area contributed by atoms with Crippen LogP contribution in [0.2, 0.25) is 0 Å². The van der Waals surface area contributed by atoms with Crippen LogP contribution in [0.5, 0.6) is 5.75 Å². The maximum atomic E-state index is 9.03. The summed E-state index contributed by atoms with van der Waals surface area (Å²) < 4.78 is 6.00. The highest BCUT2D eigenvalue weighted by molar-refractivity contribution is 9.10. The van der Waals surface area contributed by atoms with Gasteiger partial charge in [-0.15, -0.1) is 0 Å². The molecule has 1 aromatic heterocycles. The van der Waals surface area contributed by atoms with Gasteiger partial charge in [-0.1, -0.05) is 0 Å². The number of rotatable bonds is 3. The summed E-state index contributed by atoms with van der Waals surface area (Å²) in [5.74, 6) is 1.34. The van der Waals surface area contributed by atoms with Gasteiger partial charge in [0.25, 0.3) is 0 Å². The lowest BCUT2D eigenvalue weighted by molar-refractivity contribution is 0.277. The van der Waals surface area contributed by atoms with Gasteiger partial charge in [0.1, 0.15) is 5.75 Å². The van der Waals surface area contributed by atoms with E-state index in [2.05, 4.69) is 25.9 Å². The molecule has 2 rings (SSSR count). The number of aliphatic hydroxyl groups is 1. The van der Waals surface area contributed by atoms with Crippen LogP contribution in [0.4, 0.5) is 0 Å². The van der Waals surface area contributed by atoms with Gasteiger partial charge >= 0.3 is 0 Å². The zero-order chi connectivity index (χ0) is 12.3. The molecule has 4 nitrogen and oxygen atoms in total. The monoisotopic (exact) mass is 294 g/mol. The van der Waals surface area contributed by atoms with Crippen LogP contribution < -0.4 is 4.74 Å². The molecule has 0 amide bonds. The van der Waals surface area contributed by atoms with Crippen molar-refractivity contribution in [2.75, 3.05) is 7.11 Å². The Labute approximate surface area is 107 Å². The van der Waals surface area contributed by atoms with Gasteiger partial charge < -0.3 is 9.84 Å². The zero-order valence-corrected chi connectivity index (χ0v) is 10.8. The van der Waals surface area contributed by atoms with Gasteiger partial charge in [-0.2, -0.15) is 0 Å². The van der Waals surface area contributed by atoms with Gasteiger partial charge in [-0.05, 0) is 40.2 Å². The second kappa shape index (κ2) is 5.25. The van der Waals surface area contributed by atoms with Crippen LogP contribution in [0, 0.1) is 0 Å². The van der Waals surface area contributed by atoms with E-state index in [4.69, 9.17) is 9.84 Å². The topological polar surface area (TPSA) is 55.2 Å². The summed E-state index contributed by atoms with van der Waals surface area (Å²) in [6.07, 6.45) is 1.63. The maximum Gasteiger partial charge on any atom is 0.159 e. The molecule has 0 atom stereocenters.